The molecule has 0 amide bonds. The number of carboxylic acids is 2. The van der Waals surface area contributed by atoms with Crippen molar-refractivity contribution in [3.8, 4) is 0 Å². The van der Waals surface area contributed by atoms with Crippen molar-refractivity contribution in [1.82, 2.24) is 0 Å². The van der Waals surface area contributed by atoms with Crippen LogP contribution < -0.4 is 0 Å². The summed E-state index contributed by atoms with van der Waals surface area (Å²) in [6.45, 7) is 0. The van der Waals surface area contributed by atoms with Crippen LogP contribution in [0.3, 0.4) is 0 Å². The number of rotatable bonds is 3. The molecule has 0 radical (unpaired) electrons. The Morgan fingerprint density at radius 1 is 1.38 bits per heavy atom. The van der Waals surface area contributed by atoms with Gasteiger partial charge < -0.3 is 10.2 Å². The maximum atomic E-state index is 10.6. The van der Waals surface area contributed by atoms with Crippen LogP contribution in [-0.2, 0) is 9.59 Å². The molecule has 0 fully saturated rings. The summed E-state index contributed by atoms with van der Waals surface area (Å²) >= 11 is 1.32. The standard InChI is InChI=1S/C8H6O4S/c9-7(10)3-6(8(11)12)5-1-2-13-4-5/h1-4H,(H,9,10)(H,11,12)/b6-3-. The smallest absolute Gasteiger partial charge is 0.336 e. The highest BCUT2D eigenvalue weighted by Gasteiger charge is 2.11. The third kappa shape index (κ3) is 2.41. The lowest BCUT2D eigenvalue weighted by Crippen LogP contribution is -2.01. The van der Waals surface area contributed by atoms with Crippen molar-refractivity contribution in [2.45, 2.75) is 0 Å². The van der Waals surface area contributed by atoms with Gasteiger partial charge in [0, 0.05) is 6.08 Å². The molecule has 2 N–H and O–H groups in total. The van der Waals surface area contributed by atoms with E-state index in [0.717, 1.165) is 0 Å². The highest BCUT2D eigenvalue weighted by Crippen LogP contribution is 2.17. The normalized spacial score (nSPS) is 11.2. The van der Waals surface area contributed by atoms with Crippen molar-refractivity contribution in [2.75, 3.05) is 0 Å². The number of carboxylic acid groups (broad SMARTS) is 2. The molecule has 0 saturated heterocycles. The average Bonchev–Trinajstić information content (AvgIpc) is 2.50. The Bertz CT molecular complexity index is 350. The summed E-state index contributed by atoms with van der Waals surface area (Å²) in [7, 11) is 0. The Kier molecular flexibility index (Phi) is 2.81. The lowest BCUT2D eigenvalue weighted by atomic mass is 10.1. The van der Waals surface area contributed by atoms with Crippen LogP contribution in [0, 0.1) is 0 Å². The molecule has 0 aliphatic heterocycles. The second kappa shape index (κ2) is 3.86. The minimum atomic E-state index is -1.26. The lowest BCUT2D eigenvalue weighted by molar-refractivity contribution is -0.133. The van der Waals surface area contributed by atoms with Gasteiger partial charge in [-0.1, -0.05) is 0 Å². The molecule has 0 aliphatic carbocycles. The van der Waals surface area contributed by atoms with E-state index in [1.54, 1.807) is 16.8 Å². The van der Waals surface area contributed by atoms with Crippen molar-refractivity contribution in [3.05, 3.63) is 28.5 Å². The first-order valence-corrected chi connectivity index (χ1v) is 4.26. The molecular weight excluding hydrogens is 192 g/mol. The molecule has 0 aliphatic rings. The summed E-state index contributed by atoms with van der Waals surface area (Å²) in [5, 5.41) is 20.3. The van der Waals surface area contributed by atoms with Gasteiger partial charge in [0.05, 0.1) is 5.57 Å². The maximum Gasteiger partial charge on any atom is 0.336 e. The van der Waals surface area contributed by atoms with E-state index in [4.69, 9.17) is 10.2 Å². The second-order valence-corrected chi connectivity index (χ2v) is 2.99. The van der Waals surface area contributed by atoms with Crippen LogP contribution in [0.5, 0.6) is 0 Å². The summed E-state index contributed by atoms with van der Waals surface area (Å²) in [4.78, 5) is 20.9. The molecule has 1 aromatic heterocycles. The monoisotopic (exact) mass is 198 g/mol. The molecule has 0 spiro atoms. The highest BCUT2D eigenvalue weighted by molar-refractivity contribution is 7.08. The van der Waals surface area contributed by atoms with Crippen LogP contribution in [0.2, 0.25) is 0 Å². The molecule has 1 aromatic rings. The number of hydrogen-bond acceptors (Lipinski definition) is 3. The molecule has 0 bridgehead atoms. The fourth-order valence-corrected chi connectivity index (χ4v) is 1.47. The van der Waals surface area contributed by atoms with Gasteiger partial charge in [0.25, 0.3) is 0 Å². The Balaban J connectivity index is 3.08. The molecule has 5 heteroatoms. The fourth-order valence-electron chi connectivity index (χ4n) is 0.810. The van der Waals surface area contributed by atoms with E-state index in [0.29, 0.717) is 11.6 Å². The summed E-state index contributed by atoms with van der Waals surface area (Å²) in [5.41, 5.74) is 0.216. The third-order valence-corrected chi connectivity index (χ3v) is 2.01. The predicted octanol–water partition coefficient (Wildman–Crippen LogP) is 1.30. The summed E-state index contributed by atoms with van der Waals surface area (Å²) in [6.07, 6.45) is 0.685. The van der Waals surface area contributed by atoms with Crippen molar-refractivity contribution < 1.29 is 19.8 Å². The lowest BCUT2D eigenvalue weighted by Gasteiger charge is -1.95. The van der Waals surface area contributed by atoms with E-state index in [1.165, 1.54) is 11.3 Å². The van der Waals surface area contributed by atoms with Crippen LogP contribution in [0.15, 0.2) is 22.9 Å². The molecule has 1 rings (SSSR count). The summed E-state index contributed by atoms with van der Waals surface area (Å²) in [5.74, 6) is -2.50. The summed E-state index contributed by atoms with van der Waals surface area (Å²) < 4.78 is 0. The van der Waals surface area contributed by atoms with E-state index in [2.05, 4.69) is 0 Å². The Hall–Kier alpha value is -1.62. The second-order valence-electron chi connectivity index (χ2n) is 2.21. The van der Waals surface area contributed by atoms with Gasteiger partial charge in [0.1, 0.15) is 0 Å². The first-order valence-electron chi connectivity index (χ1n) is 3.31. The fraction of sp³-hybridized carbons (Fsp3) is 0. The zero-order chi connectivity index (χ0) is 9.84. The van der Waals surface area contributed by atoms with Gasteiger partial charge in [-0.15, -0.1) is 0 Å². The van der Waals surface area contributed by atoms with Gasteiger partial charge in [0.2, 0.25) is 0 Å². The van der Waals surface area contributed by atoms with Gasteiger partial charge in [0.15, 0.2) is 0 Å². The minimum absolute atomic E-state index is 0.200. The van der Waals surface area contributed by atoms with Gasteiger partial charge in [-0.05, 0) is 22.4 Å². The molecule has 0 aromatic carbocycles. The Labute approximate surface area is 77.8 Å². The highest BCUT2D eigenvalue weighted by atomic mass is 32.1. The van der Waals surface area contributed by atoms with Crippen molar-refractivity contribution in [1.29, 1.82) is 0 Å². The third-order valence-electron chi connectivity index (χ3n) is 1.33. The number of aliphatic carboxylic acids is 2. The van der Waals surface area contributed by atoms with Crippen LogP contribution in [-0.4, -0.2) is 22.2 Å². The topological polar surface area (TPSA) is 74.6 Å². The molecular formula is C8H6O4S. The van der Waals surface area contributed by atoms with Gasteiger partial charge in [-0.2, -0.15) is 11.3 Å². The Morgan fingerprint density at radius 3 is 2.46 bits per heavy atom. The van der Waals surface area contributed by atoms with Crippen LogP contribution in [0.1, 0.15) is 5.56 Å². The first kappa shape index (κ1) is 9.47. The van der Waals surface area contributed by atoms with E-state index in [9.17, 15) is 9.59 Å². The van der Waals surface area contributed by atoms with E-state index in [1.807, 2.05) is 0 Å². The molecule has 1 heterocycles. The van der Waals surface area contributed by atoms with Gasteiger partial charge in [-0.25, -0.2) is 9.59 Å². The molecule has 13 heavy (non-hydrogen) atoms. The largest absolute Gasteiger partial charge is 0.478 e. The minimum Gasteiger partial charge on any atom is -0.478 e. The summed E-state index contributed by atoms with van der Waals surface area (Å²) in [6, 6.07) is 1.56. The number of thiophene rings is 1. The average molecular weight is 198 g/mol. The van der Waals surface area contributed by atoms with Gasteiger partial charge >= 0.3 is 11.9 Å². The van der Waals surface area contributed by atoms with Gasteiger partial charge in [-0.3, -0.25) is 0 Å². The van der Waals surface area contributed by atoms with Crippen LogP contribution >= 0.6 is 11.3 Å². The molecule has 68 valence electrons. The molecule has 0 atom stereocenters. The van der Waals surface area contributed by atoms with Crippen molar-refractivity contribution in [3.63, 3.8) is 0 Å². The quantitative estimate of drug-likeness (QED) is 0.718. The maximum absolute atomic E-state index is 10.6. The Morgan fingerprint density at radius 2 is 2.08 bits per heavy atom. The number of hydrogen-bond donors (Lipinski definition) is 2. The molecule has 0 saturated carbocycles. The molecule has 4 nitrogen and oxygen atoms in total. The predicted molar refractivity (Wildman–Crippen MR) is 47.6 cm³/mol. The number of carbonyl (C=O) groups is 2. The zero-order valence-corrected chi connectivity index (χ0v) is 7.25. The SMILES string of the molecule is O=C(O)/C=C(\C(=O)O)c1ccsc1. The van der Waals surface area contributed by atoms with Crippen LogP contribution in [0.4, 0.5) is 0 Å². The van der Waals surface area contributed by atoms with E-state index >= 15 is 0 Å². The molecule has 0 unspecified atom stereocenters. The van der Waals surface area contributed by atoms with E-state index < -0.39 is 11.9 Å². The van der Waals surface area contributed by atoms with Crippen molar-refractivity contribution >= 4 is 28.8 Å². The van der Waals surface area contributed by atoms with E-state index in [-0.39, 0.29) is 5.57 Å². The van der Waals surface area contributed by atoms with Crippen molar-refractivity contribution in [2.24, 2.45) is 0 Å². The van der Waals surface area contributed by atoms with Crippen LogP contribution in [0.25, 0.3) is 5.57 Å². The zero-order valence-electron chi connectivity index (χ0n) is 6.43. The first-order chi connectivity index (χ1) is 6.11.